The van der Waals surface area contributed by atoms with E-state index >= 15 is 0 Å². The number of hydrogen-bond acceptors (Lipinski definition) is 8. The molecular formula is C18H24FN9O. The first-order valence-electron chi connectivity index (χ1n) is 9.68. The molecule has 2 saturated heterocycles. The minimum absolute atomic E-state index is 0.305. The van der Waals surface area contributed by atoms with E-state index in [1.807, 2.05) is 27.4 Å². The summed E-state index contributed by atoms with van der Waals surface area (Å²) in [6, 6.07) is 0.325. The van der Waals surface area contributed by atoms with Gasteiger partial charge in [-0.05, 0) is 13.5 Å². The van der Waals surface area contributed by atoms with Crippen molar-refractivity contribution in [2.75, 3.05) is 50.6 Å². The van der Waals surface area contributed by atoms with Crippen LogP contribution in [0.5, 0.6) is 5.88 Å². The van der Waals surface area contributed by atoms with Crippen molar-refractivity contribution in [3.05, 3.63) is 12.5 Å². The van der Waals surface area contributed by atoms with Crippen molar-refractivity contribution >= 4 is 28.6 Å². The second-order valence-corrected chi connectivity index (χ2v) is 7.76. The highest BCUT2D eigenvalue weighted by Crippen LogP contribution is 2.32. The molecule has 0 aromatic carbocycles. The molecule has 2 aliphatic heterocycles. The Bertz CT molecular complexity index is 1040. The zero-order valence-electron chi connectivity index (χ0n) is 16.7. The summed E-state index contributed by atoms with van der Waals surface area (Å²) in [6.07, 6.45) is 3.27. The number of rotatable bonds is 5. The number of fused-ring (bicyclic) bond motifs is 1. The Kier molecular flexibility index (Phi) is 4.26. The maximum Gasteiger partial charge on any atom is 0.256 e. The summed E-state index contributed by atoms with van der Waals surface area (Å²) in [5.74, 6) is 1.54. The normalized spacial score (nSPS) is 20.4. The van der Waals surface area contributed by atoms with Crippen LogP contribution in [0.25, 0.3) is 11.2 Å². The van der Waals surface area contributed by atoms with Gasteiger partial charge >= 0.3 is 0 Å². The lowest BCUT2D eigenvalue weighted by molar-refractivity contribution is 0.129. The van der Waals surface area contributed by atoms with Gasteiger partial charge in [0.15, 0.2) is 17.0 Å². The Labute approximate surface area is 167 Å². The van der Waals surface area contributed by atoms with Crippen molar-refractivity contribution in [2.24, 2.45) is 7.05 Å². The lowest BCUT2D eigenvalue weighted by Gasteiger charge is -2.35. The van der Waals surface area contributed by atoms with Crippen LogP contribution in [0.2, 0.25) is 0 Å². The zero-order valence-corrected chi connectivity index (χ0v) is 16.7. The molecule has 0 saturated carbocycles. The summed E-state index contributed by atoms with van der Waals surface area (Å²) in [4.78, 5) is 17.8. The molecule has 3 aromatic heterocycles. The lowest BCUT2D eigenvalue weighted by atomic mass is 10.1. The SMILES string of the molecule is COc1nn(C2CN(C)C2)cc1Nc1nc(N2CCC(F)C2)nc2c1ncn2C. The van der Waals surface area contributed by atoms with Gasteiger partial charge in [0.2, 0.25) is 5.95 Å². The molecule has 1 atom stereocenters. The monoisotopic (exact) mass is 401 g/mol. The van der Waals surface area contributed by atoms with Crippen LogP contribution in [0.15, 0.2) is 12.5 Å². The van der Waals surface area contributed by atoms with Crippen LogP contribution in [0.3, 0.4) is 0 Å². The Morgan fingerprint density at radius 3 is 2.72 bits per heavy atom. The number of nitrogens with one attached hydrogen (secondary N) is 1. The smallest absolute Gasteiger partial charge is 0.256 e. The predicted octanol–water partition coefficient (Wildman–Crippen LogP) is 1.35. The number of anilines is 3. The van der Waals surface area contributed by atoms with Crippen molar-refractivity contribution in [3.63, 3.8) is 0 Å². The molecule has 1 N–H and O–H groups in total. The minimum atomic E-state index is -0.851. The van der Waals surface area contributed by atoms with Gasteiger partial charge in [-0.2, -0.15) is 9.97 Å². The summed E-state index contributed by atoms with van der Waals surface area (Å²) in [7, 11) is 5.55. The highest BCUT2D eigenvalue weighted by atomic mass is 19.1. The molecular weight excluding hydrogens is 377 g/mol. The fourth-order valence-corrected chi connectivity index (χ4v) is 3.88. The second-order valence-electron chi connectivity index (χ2n) is 7.76. The molecule has 29 heavy (non-hydrogen) atoms. The molecule has 2 aliphatic rings. The molecule has 1 unspecified atom stereocenters. The summed E-state index contributed by atoms with van der Waals surface area (Å²) in [6.45, 7) is 2.80. The van der Waals surface area contributed by atoms with Crippen LogP contribution in [-0.4, -0.2) is 80.7 Å². The van der Waals surface area contributed by atoms with Gasteiger partial charge in [0, 0.05) is 26.7 Å². The fraction of sp³-hybridized carbons (Fsp3) is 0.556. The van der Waals surface area contributed by atoms with Crippen molar-refractivity contribution in [1.29, 1.82) is 0 Å². The van der Waals surface area contributed by atoms with Crippen molar-refractivity contribution in [2.45, 2.75) is 18.6 Å². The van der Waals surface area contributed by atoms with Crippen LogP contribution in [0, 0.1) is 0 Å². The van der Waals surface area contributed by atoms with Gasteiger partial charge < -0.3 is 24.4 Å². The van der Waals surface area contributed by atoms with E-state index < -0.39 is 6.17 Å². The summed E-state index contributed by atoms with van der Waals surface area (Å²) in [5, 5.41) is 7.87. The van der Waals surface area contributed by atoms with Crippen molar-refractivity contribution in [1.82, 2.24) is 34.2 Å². The highest BCUT2D eigenvalue weighted by Gasteiger charge is 2.28. The average molecular weight is 401 g/mol. The molecule has 5 heterocycles. The quantitative estimate of drug-likeness (QED) is 0.685. The van der Waals surface area contributed by atoms with Gasteiger partial charge in [-0.3, -0.25) is 4.68 Å². The number of nitrogens with zero attached hydrogens (tertiary/aromatic N) is 8. The number of likely N-dealkylation sites (N-methyl/N-ethyl adjacent to an activating group) is 1. The third-order valence-electron chi connectivity index (χ3n) is 5.52. The molecule has 3 aromatic rings. The molecule has 0 aliphatic carbocycles. The molecule has 0 bridgehead atoms. The molecule has 11 heteroatoms. The first-order chi connectivity index (χ1) is 14.0. The van der Waals surface area contributed by atoms with Crippen LogP contribution in [0.4, 0.5) is 21.8 Å². The topological polar surface area (TPSA) is 89.2 Å². The van der Waals surface area contributed by atoms with Crippen molar-refractivity contribution in [3.8, 4) is 5.88 Å². The number of aryl methyl sites for hydroxylation is 1. The van der Waals surface area contributed by atoms with Crippen molar-refractivity contribution < 1.29 is 9.13 Å². The molecule has 0 radical (unpaired) electrons. The van der Waals surface area contributed by atoms with Crippen LogP contribution >= 0.6 is 0 Å². The lowest BCUT2D eigenvalue weighted by Crippen LogP contribution is -2.45. The number of aromatic nitrogens is 6. The van der Waals surface area contributed by atoms with E-state index in [-0.39, 0.29) is 0 Å². The molecule has 0 amide bonds. The predicted molar refractivity (Wildman–Crippen MR) is 107 cm³/mol. The van der Waals surface area contributed by atoms with E-state index in [1.165, 1.54) is 0 Å². The van der Waals surface area contributed by atoms with Gasteiger partial charge in [-0.25, -0.2) is 9.37 Å². The standard InChI is InChI=1S/C18H24FN9O/c1-25-7-12(8-25)28-9-13(17(24-28)29-3)21-15-14-16(26(2)10-20-14)23-18(22-15)27-5-4-11(19)6-27/h9-12H,4-8H2,1-3H3,(H,21,22,23). The average Bonchev–Trinajstić information content (AvgIpc) is 3.38. The zero-order chi connectivity index (χ0) is 20.1. The number of hydrogen-bond donors (Lipinski definition) is 1. The second kappa shape index (κ2) is 6.83. The van der Waals surface area contributed by atoms with Crippen LogP contribution in [0.1, 0.15) is 12.5 Å². The van der Waals surface area contributed by atoms with E-state index in [0.717, 1.165) is 13.1 Å². The van der Waals surface area contributed by atoms with E-state index in [1.54, 1.807) is 13.4 Å². The third kappa shape index (κ3) is 3.15. The maximum absolute atomic E-state index is 13.7. The molecule has 2 fully saturated rings. The Hall–Kier alpha value is -2.95. The van der Waals surface area contributed by atoms with E-state index in [9.17, 15) is 4.39 Å². The number of methoxy groups -OCH3 is 1. The third-order valence-corrected chi connectivity index (χ3v) is 5.52. The number of likely N-dealkylation sites (tertiary alicyclic amines) is 1. The largest absolute Gasteiger partial charge is 0.478 e. The molecule has 0 spiro atoms. The number of imidazole rings is 1. The van der Waals surface area contributed by atoms with Gasteiger partial charge in [0.1, 0.15) is 11.9 Å². The van der Waals surface area contributed by atoms with Crippen LogP contribution < -0.4 is 15.0 Å². The van der Waals surface area contributed by atoms with Gasteiger partial charge in [-0.1, -0.05) is 0 Å². The first-order valence-corrected chi connectivity index (χ1v) is 9.68. The molecule has 10 nitrogen and oxygen atoms in total. The van der Waals surface area contributed by atoms with E-state index in [2.05, 4.69) is 37.3 Å². The Balaban J connectivity index is 1.51. The summed E-state index contributed by atoms with van der Waals surface area (Å²) < 4.78 is 22.9. The molecule has 154 valence electrons. The van der Waals surface area contributed by atoms with Gasteiger partial charge in [-0.15, -0.1) is 5.10 Å². The minimum Gasteiger partial charge on any atom is -0.478 e. The Morgan fingerprint density at radius 1 is 1.21 bits per heavy atom. The van der Waals surface area contributed by atoms with Crippen LogP contribution in [-0.2, 0) is 7.05 Å². The highest BCUT2D eigenvalue weighted by molar-refractivity contribution is 5.87. The fourth-order valence-electron chi connectivity index (χ4n) is 3.88. The Morgan fingerprint density at radius 2 is 2.03 bits per heavy atom. The number of ether oxygens (including phenoxy) is 1. The maximum atomic E-state index is 13.7. The summed E-state index contributed by atoms with van der Waals surface area (Å²) in [5.41, 5.74) is 2.04. The van der Waals surface area contributed by atoms with Gasteiger partial charge in [0.25, 0.3) is 5.88 Å². The number of halogens is 1. The van der Waals surface area contributed by atoms with Gasteiger partial charge in [0.05, 0.1) is 32.2 Å². The van der Waals surface area contributed by atoms with E-state index in [4.69, 9.17) is 4.74 Å². The van der Waals surface area contributed by atoms with E-state index in [0.29, 0.717) is 60.0 Å². The molecule has 5 rings (SSSR count). The number of alkyl halides is 1. The first kappa shape index (κ1) is 18.1. The summed E-state index contributed by atoms with van der Waals surface area (Å²) >= 11 is 0.